The monoisotopic (exact) mass is 274 g/mol. The highest BCUT2D eigenvalue weighted by Gasteiger charge is 2.47. The smallest absolute Gasteiger partial charge is 0.323 e. The van der Waals surface area contributed by atoms with E-state index in [1.54, 1.807) is 21.0 Å². The lowest BCUT2D eigenvalue weighted by atomic mass is 9.79. The van der Waals surface area contributed by atoms with E-state index in [4.69, 9.17) is 14.2 Å². The molecule has 0 aliphatic rings. The number of carbonyl (C=O) groups excluding carboxylic acids is 2. The first kappa shape index (κ1) is 17.9. The Morgan fingerprint density at radius 3 is 1.84 bits per heavy atom. The molecule has 0 aliphatic heterocycles. The van der Waals surface area contributed by atoms with Crippen molar-refractivity contribution in [1.82, 2.24) is 0 Å². The number of hydrogen-bond acceptors (Lipinski definition) is 5. The minimum absolute atomic E-state index is 0.258. The molecule has 0 aliphatic carbocycles. The average molecular weight is 274 g/mol. The maximum Gasteiger partial charge on any atom is 0.323 e. The zero-order valence-corrected chi connectivity index (χ0v) is 12.5. The van der Waals surface area contributed by atoms with Crippen LogP contribution in [0.4, 0.5) is 0 Å². The average Bonchev–Trinajstić information content (AvgIpc) is 2.38. The molecule has 5 nitrogen and oxygen atoms in total. The molecule has 0 aromatic rings. The molecule has 0 bridgehead atoms. The van der Waals surface area contributed by atoms with Crippen molar-refractivity contribution < 1.29 is 23.8 Å². The first-order valence-corrected chi connectivity index (χ1v) is 6.92. The molecule has 0 radical (unpaired) electrons. The zero-order chi connectivity index (χ0) is 14.7. The Hall–Kier alpha value is -1.10. The number of rotatable bonds is 10. The van der Waals surface area contributed by atoms with Crippen LogP contribution < -0.4 is 0 Å². The maximum absolute atomic E-state index is 12.2. The molecule has 5 heteroatoms. The second-order valence-electron chi connectivity index (χ2n) is 4.37. The second-order valence-corrected chi connectivity index (χ2v) is 4.37. The fourth-order valence-electron chi connectivity index (χ4n) is 2.10. The molecule has 19 heavy (non-hydrogen) atoms. The van der Waals surface area contributed by atoms with Gasteiger partial charge in [-0.1, -0.05) is 13.3 Å². The topological polar surface area (TPSA) is 61.8 Å². The Bertz CT molecular complexity index is 257. The van der Waals surface area contributed by atoms with Crippen molar-refractivity contribution in [3.63, 3.8) is 0 Å². The summed E-state index contributed by atoms with van der Waals surface area (Å²) in [5.41, 5.74) is -1.18. The van der Waals surface area contributed by atoms with Crippen molar-refractivity contribution in [3.8, 4) is 0 Å². The van der Waals surface area contributed by atoms with E-state index >= 15 is 0 Å². The van der Waals surface area contributed by atoms with E-state index in [-0.39, 0.29) is 13.2 Å². The highest BCUT2D eigenvalue weighted by molar-refractivity contribution is 6.00. The van der Waals surface area contributed by atoms with E-state index in [0.717, 1.165) is 0 Å². The van der Waals surface area contributed by atoms with Crippen LogP contribution >= 0.6 is 0 Å². The molecule has 0 spiro atoms. The Morgan fingerprint density at radius 2 is 1.47 bits per heavy atom. The molecule has 0 amide bonds. The molecule has 0 saturated heterocycles. The van der Waals surface area contributed by atoms with Gasteiger partial charge in [0.05, 0.1) is 13.2 Å². The van der Waals surface area contributed by atoms with Crippen LogP contribution in [0, 0.1) is 5.41 Å². The van der Waals surface area contributed by atoms with E-state index in [0.29, 0.717) is 32.3 Å². The minimum atomic E-state index is -1.18. The van der Waals surface area contributed by atoms with Crippen molar-refractivity contribution in [2.24, 2.45) is 5.41 Å². The second kappa shape index (κ2) is 9.78. The summed E-state index contributed by atoms with van der Waals surface area (Å²) in [7, 11) is 1.59. The molecule has 112 valence electrons. The predicted molar refractivity (Wildman–Crippen MR) is 71.7 cm³/mol. The van der Waals surface area contributed by atoms with Gasteiger partial charge in [-0.25, -0.2) is 0 Å². The van der Waals surface area contributed by atoms with Gasteiger partial charge in [0.15, 0.2) is 5.41 Å². The highest BCUT2D eigenvalue weighted by Crippen LogP contribution is 2.33. The molecule has 0 unspecified atom stereocenters. The van der Waals surface area contributed by atoms with Crippen LogP contribution in [0.2, 0.25) is 0 Å². The van der Waals surface area contributed by atoms with Gasteiger partial charge in [0.2, 0.25) is 0 Å². The summed E-state index contributed by atoms with van der Waals surface area (Å²) in [4.78, 5) is 24.4. The van der Waals surface area contributed by atoms with Gasteiger partial charge in [0.25, 0.3) is 0 Å². The summed E-state index contributed by atoms with van der Waals surface area (Å²) >= 11 is 0. The lowest BCUT2D eigenvalue weighted by Gasteiger charge is -2.28. The molecule has 0 aromatic carbocycles. The number of carbonyl (C=O) groups is 2. The SMILES string of the molecule is CCCC(CCCOC)(C(=O)OCC)C(=O)OCC. The van der Waals surface area contributed by atoms with Crippen LogP contribution in [-0.4, -0.2) is 38.9 Å². The Morgan fingerprint density at radius 1 is 0.947 bits per heavy atom. The van der Waals surface area contributed by atoms with Gasteiger partial charge in [-0.15, -0.1) is 0 Å². The van der Waals surface area contributed by atoms with E-state index in [1.807, 2.05) is 6.92 Å². The quantitative estimate of drug-likeness (QED) is 0.347. The summed E-state index contributed by atoms with van der Waals surface area (Å²) in [5, 5.41) is 0. The van der Waals surface area contributed by atoms with Crippen molar-refractivity contribution in [1.29, 1.82) is 0 Å². The molecule has 0 aromatic heterocycles. The lowest BCUT2D eigenvalue weighted by molar-refractivity contribution is -0.173. The molecular formula is C14H26O5. The van der Waals surface area contributed by atoms with Crippen LogP contribution in [0.15, 0.2) is 0 Å². The predicted octanol–water partition coefficient (Wildman–Crippen LogP) is 2.33. The third-order valence-electron chi connectivity index (χ3n) is 2.96. The van der Waals surface area contributed by atoms with Crippen LogP contribution in [0.25, 0.3) is 0 Å². The summed E-state index contributed by atoms with van der Waals surface area (Å²) in [6.07, 6.45) is 2.17. The fraction of sp³-hybridized carbons (Fsp3) is 0.857. The van der Waals surface area contributed by atoms with Crippen molar-refractivity contribution in [2.45, 2.75) is 46.5 Å². The van der Waals surface area contributed by atoms with Gasteiger partial charge in [0.1, 0.15) is 0 Å². The highest BCUT2D eigenvalue weighted by atomic mass is 16.6. The van der Waals surface area contributed by atoms with Gasteiger partial charge in [-0.2, -0.15) is 0 Å². The largest absolute Gasteiger partial charge is 0.465 e. The standard InChI is InChI=1S/C14H26O5/c1-5-9-14(10-8-11-17-4,12(15)18-6-2)13(16)19-7-3/h5-11H2,1-4H3. The fourth-order valence-corrected chi connectivity index (χ4v) is 2.10. The van der Waals surface area contributed by atoms with E-state index in [9.17, 15) is 9.59 Å². The van der Waals surface area contributed by atoms with Gasteiger partial charge < -0.3 is 14.2 Å². The number of hydrogen-bond donors (Lipinski definition) is 0. The summed E-state index contributed by atoms with van der Waals surface area (Å²) in [6, 6.07) is 0. The Labute approximate surface area is 115 Å². The molecule has 0 heterocycles. The molecule has 0 atom stereocenters. The van der Waals surface area contributed by atoms with Gasteiger partial charge in [-0.3, -0.25) is 9.59 Å². The van der Waals surface area contributed by atoms with Gasteiger partial charge in [-0.05, 0) is 33.1 Å². The first-order valence-electron chi connectivity index (χ1n) is 6.92. The Kier molecular flexibility index (Phi) is 9.21. The lowest BCUT2D eigenvalue weighted by Crippen LogP contribution is -2.42. The van der Waals surface area contributed by atoms with E-state index in [2.05, 4.69) is 0 Å². The van der Waals surface area contributed by atoms with Crippen molar-refractivity contribution >= 4 is 11.9 Å². The van der Waals surface area contributed by atoms with E-state index in [1.165, 1.54) is 0 Å². The molecule has 0 rings (SSSR count). The van der Waals surface area contributed by atoms with Crippen molar-refractivity contribution in [2.75, 3.05) is 26.9 Å². The summed E-state index contributed by atoms with van der Waals surface area (Å²) in [5.74, 6) is -0.960. The van der Waals surface area contributed by atoms with Crippen LogP contribution in [0.5, 0.6) is 0 Å². The molecule has 0 saturated carbocycles. The maximum atomic E-state index is 12.2. The van der Waals surface area contributed by atoms with Crippen molar-refractivity contribution in [3.05, 3.63) is 0 Å². The minimum Gasteiger partial charge on any atom is -0.465 e. The molecular weight excluding hydrogens is 248 g/mol. The first-order chi connectivity index (χ1) is 9.08. The zero-order valence-electron chi connectivity index (χ0n) is 12.5. The third kappa shape index (κ3) is 5.19. The normalized spacial score (nSPS) is 11.2. The number of ether oxygens (including phenoxy) is 3. The summed E-state index contributed by atoms with van der Waals surface area (Å²) in [6.45, 7) is 6.42. The molecule has 0 fully saturated rings. The van der Waals surface area contributed by atoms with Crippen LogP contribution in [0.1, 0.15) is 46.5 Å². The van der Waals surface area contributed by atoms with Crippen LogP contribution in [-0.2, 0) is 23.8 Å². The molecule has 0 N–H and O–H groups in total. The third-order valence-corrected chi connectivity index (χ3v) is 2.96. The van der Waals surface area contributed by atoms with Crippen LogP contribution in [0.3, 0.4) is 0 Å². The Balaban J connectivity index is 5.08. The van der Waals surface area contributed by atoms with Gasteiger partial charge in [0, 0.05) is 13.7 Å². The van der Waals surface area contributed by atoms with E-state index < -0.39 is 17.4 Å². The number of esters is 2. The summed E-state index contributed by atoms with van der Waals surface area (Å²) < 4.78 is 15.1. The van der Waals surface area contributed by atoms with Gasteiger partial charge >= 0.3 is 11.9 Å². The number of methoxy groups -OCH3 is 1.